The minimum absolute atomic E-state index is 0.125. The molecule has 0 bridgehead atoms. The molecular formula is C15H23NO2. The van der Waals surface area contributed by atoms with E-state index in [9.17, 15) is 0 Å². The van der Waals surface area contributed by atoms with Crippen molar-refractivity contribution in [2.45, 2.75) is 38.8 Å². The fourth-order valence-electron chi connectivity index (χ4n) is 2.09. The van der Waals surface area contributed by atoms with Crippen LogP contribution in [-0.2, 0) is 11.3 Å². The van der Waals surface area contributed by atoms with Crippen molar-refractivity contribution in [2.75, 3.05) is 19.8 Å². The van der Waals surface area contributed by atoms with Crippen molar-refractivity contribution in [2.24, 2.45) is 0 Å². The Labute approximate surface area is 109 Å². The smallest absolute Gasteiger partial charge is 0.119 e. The van der Waals surface area contributed by atoms with Crippen molar-refractivity contribution in [3.8, 4) is 5.75 Å². The molecule has 2 rings (SSSR count). The maximum atomic E-state index is 5.64. The number of rotatable bonds is 6. The van der Waals surface area contributed by atoms with Gasteiger partial charge in [0.15, 0.2) is 0 Å². The second-order valence-electron chi connectivity index (χ2n) is 5.21. The Kier molecular flexibility index (Phi) is 4.61. The highest BCUT2D eigenvalue weighted by Crippen LogP contribution is 2.19. The van der Waals surface area contributed by atoms with Gasteiger partial charge in [-0.15, -0.1) is 0 Å². The average molecular weight is 249 g/mol. The molecule has 1 N–H and O–H groups in total. The number of nitrogens with one attached hydrogen (secondary N) is 1. The lowest BCUT2D eigenvalue weighted by molar-refractivity contribution is 0.171. The van der Waals surface area contributed by atoms with Crippen LogP contribution in [0.15, 0.2) is 24.3 Å². The largest absolute Gasteiger partial charge is 0.494 e. The summed E-state index contributed by atoms with van der Waals surface area (Å²) in [5.41, 5.74) is 1.39. The third kappa shape index (κ3) is 3.72. The van der Waals surface area contributed by atoms with E-state index in [1.807, 2.05) is 6.07 Å². The van der Waals surface area contributed by atoms with Crippen LogP contribution in [0.5, 0.6) is 5.75 Å². The monoisotopic (exact) mass is 249 g/mol. The summed E-state index contributed by atoms with van der Waals surface area (Å²) >= 11 is 0. The zero-order chi connectivity index (χ0) is 12.8. The quantitative estimate of drug-likeness (QED) is 0.841. The first-order valence-electron chi connectivity index (χ1n) is 6.76. The van der Waals surface area contributed by atoms with Crippen LogP contribution in [0.25, 0.3) is 0 Å². The molecule has 0 saturated carbocycles. The summed E-state index contributed by atoms with van der Waals surface area (Å²) in [5.74, 6) is 0.962. The van der Waals surface area contributed by atoms with Crippen molar-refractivity contribution in [1.29, 1.82) is 0 Å². The molecule has 3 heteroatoms. The van der Waals surface area contributed by atoms with Crippen molar-refractivity contribution in [3.05, 3.63) is 29.8 Å². The van der Waals surface area contributed by atoms with Gasteiger partial charge in [-0.2, -0.15) is 0 Å². The van der Waals surface area contributed by atoms with Gasteiger partial charge in [0.1, 0.15) is 5.75 Å². The van der Waals surface area contributed by atoms with Crippen LogP contribution < -0.4 is 10.1 Å². The highest BCUT2D eigenvalue weighted by molar-refractivity contribution is 5.28. The third-order valence-electron chi connectivity index (χ3n) is 3.31. The molecule has 1 fully saturated rings. The highest BCUT2D eigenvalue weighted by Gasteiger charge is 2.28. The maximum absolute atomic E-state index is 5.64. The van der Waals surface area contributed by atoms with E-state index in [2.05, 4.69) is 37.4 Å². The molecule has 1 heterocycles. The Hall–Kier alpha value is -1.06. The zero-order valence-corrected chi connectivity index (χ0v) is 11.4. The summed E-state index contributed by atoms with van der Waals surface area (Å²) in [6, 6.07) is 8.31. The van der Waals surface area contributed by atoms with E-state index in [-0.39, 0.29) is 5.54 Å². The fourth-order valence-corrected chi connectivity index (χ4v) is 2.09. The Morgan fingerprint density at radius 2 is 2.33 bits per heavy atom. The lowest BCUT2D eigenvalue weighted by Crippen LogP contribution is -2.42. The van der Waals surface area contributed by atoms with Gasteiger partial charge < -0.3 is 14.8 Å². The van der Waals surface area contributed by atoms with E-state index in [0.717, 1.165) is 45.0 Å². The van der Waals surface area contributed by atoms with E-state index in [1.54, 1.807) is 0 Å². The zero-order valence-electron chi connectivity index (χ0n) is 11.4. The predicted molar refractivity (Wildman–Crippen MR) is 72.9 cm³/mol. The number of benzene rings is 1. The first kappa shape index (κ1) is 13.4. The standard InChI is InChI=1S/C15H23NO2/c1-3-8-18-14-6-4-5-13(10-14)11-16-15(2)7-9-17-12-15/h4-6,10,16H,3,7-9,11-12H2,1-2H3. The summed E-state index contributed by atoms with van der Waals surface area (Å²) in [6.07, 6.45) is 2.12. The van der Waals surface area contributed by atoms with Crippen LogP contribution in [0.4, 0.5) is 0 Å². The summed E-state index contributed by atoms with van der Waals surface area (Å²) in [7, 11) is 0. The number of hydrogen-bond donors (Lipinski definition) is 1. The first-order valence-corrected chi connectivity index (χ1v) is 6.76. The van der Waals surface area contributed by atoms with Crippen LogP contribution in [0.2, 0.25) is 0 Å². The molecule has 0 spiro atoms. The normalized spacial score (nSPS) is 23.2. The molecule has 0 aliphatic carbocycles. The van der Waals surface area contributed by atoms with Crippen LogP contribution in [0, 0.1) is 0 Å². The lowest BCUT2D eigenvalue weighted by atomic mass is 10.0. The summed E-state index contributed by atoms with van der Waals surface area (Å²) in [5, 5.41) is 3.58. The topological polar surface area (TPSA) is 30.5 Å². The van der Waals surface area contributed by atoms with Gasteiger partial charge in [-0.1, -0.05) is 19.1 Å². The predicted octanol–water partition coefficient (Wildman–Crippen LogP) is 2.74. The van der Waals surface area contributed by atoms with E-state index in [4.69, 9.17) is 9.47 Å². The highest BCUT2D eigenvalue weighted by atomic mass is 16.5. The first-order chi connectivity index (χ1) is 8.72. The molecule has 1 atom stereocenters. The summed E-state index contributed by atoms with van der Waals surface area (Å²) in [4.78, 5) is 0. The van der Waals surface area contributed by atoms with Crippen LogP contribution >= 0.6 is 0 Å². The van der Waals surface area contributed by atoms with Crippen LogP contribution in [0.1, 0.15) is 32.3 Å². The fraction of sp³-hybridized carbons (Fsp3) is 0.600. The molecular weight excluding hydrogens is 226 g/mol. The molecule has 1 aliphatic rings. The summed E-state index contributed by atoms with van der Waals surface area (Å²) in [6.45, 7) is 7.65. The molecule has 1 aromatic rings. The molecule has 1 aromatic carbocycles. The van der Waals surface area contributed by atoms with E-state index in [0.29, 0.717) is 0 Å². The second-order valence-corrected chi connectivity index (χ2v) is 5.21. The van der Waals surface area contributed by atoms with Crippen molar-refractivity contribution < 1.29 is 9.47 Å². The number of ether oxygens (including phenoxy) is 2. The average Bonchev–Trinajstić information content (AvgIpc) is 2.82. The summed E-state index contributed by atoms with van der Waals surface area (Å²) < 4.78 is 11.1. The van der Waals surface area contributed by atoms with Gasteiger partial charge in [-0.05, 0) is 37.5 Å². The molecule has 18 heavy (non-hydrogen) atoms. The molecule has 3 nitrogen and oxygen atoms in total. The van der Waals surface area contributed by atoms with Gasteiger partial charge in [0.05, 0.1) is 13.2 Å². The third-order valence-corrected chi connectivity index (χ3v) is 3.31. The Morgan fingerprint density at radius 3 is 3.06 bits per heavy atom. The molecule has 0 amide bonds. The van der Waals surface area contributed by atoms with Gasteiger partial charge in [0.25, 0.3) is 0 Å². The molecule has 1 unspecified atom stereocenters. The second kappa shape index (κ2) is 6.21. The number of hydrogen-bond acceptors (Lipinski definition) is 3. The molecule has 0 aromatic heterocycles. The van der Waals surface area contributed by atoms with Crippen molar-refractivity contribution in [3.63, 3.8) is 0 Å². The molecule has 1 aliphatic heterocycles. The van der Waals surface area contributed by atoms with Gasteiger partial charge in [0, 0.05) is 18.7 Å². The van der Waals surface area contributed by atoms with Gasteiger partial charge in [0.2, 0.25) is 0 Å². The van der Waals surface area contributed by atoms with Crippen LogP contribution in [0.3, 0.4) is 0 Å². The van der Waals surface area contributed by atoms with E-state index >= 15 is 0 Å². The van der Waals surface area contributed by atoms with Crippen molar-refractivity contribution in [1.82, 2.24) is 5.32 Å². The van der Waals surface area contributed by atoms with Gasteiger partial charge in [-0.25, -0.2) is 0 Å². The van der Waals surface area contributed by atoms with Crippen molar-refractivity contribution >= 4 is 0 Å². The van der Waals surface area contributed by atoms with Gasteiger partial charge >= 0.3 is 0 Å². The Morgan fingerprint density at radius 1 is 1.44 bits per heavy atom. The Balaban J connectivity index is 1.88. The molecule has 0 radical (unpaired) electrons. The SMILES string of the molecule is CCCOc1cccc(CNC2(C)CCOC2)c1. The van der Waals surface area contributed by atoms with Gasteiger partial charge in [-0.3, -0.25) is 0 Å². The van der Waals surface area contributed by atoms with Crippen LogP contribution in [-0.4, -0.2) is 25.4 Å². The Bertz CT molecular complexity index is 373. The minimum atomic E-state index is 0.125. The lowest BCUT2D eigenvalue weighted by Gasteiger charge is -2.23. The molecule has 1 saturated heterocycles. The maximum Gasteiger partial charge on any atom is 0.119 e. The minimum Gasteiger partial charge on any atom is -0.494 e. The van der Waals surface area contributed by atoms with E-state index in [1.165, 1.54) is 5.56 Å². The van der Waals surface area contributed by atoms with E-state index < -0.39 is 0 Å². The molecule has 100 valence electrons.